The number of piperazine rings is 1. The summed E-state index contributed by atoms with van der Waals surface area (Å²) in [6.45, 7) is 9.07. The zero-order valence-electron chi connectivity index (χ0n) is 18.9. The predicted molar refractivity (Wildman–Crippen MR) is 125 cm³/mol. The fraction of sp³-hybridized carbons (Fsp3) is 0.375. The minimum absolute atomic E-state index is 0.0641. The molecule has 1 aromatic heterocycles. The topological polar surface area (TPSA) is 62.6 Å². The lowest BCUT2D eigenvalue weighted by Crippen LogP contribution is -2.44. The Labute approximate surface area is 187 Å². The van der Waals surface area contributed by atoms with Crippen LogP contribution in [0, 0.1) is 19.7 Å². The number of aromatic nitrogens is 1. The van der Waals surface area contributed by atoms with Gasteiger partial charge in [0.25, 0.3) is 0 Å². The lowest BCUT2D eigenvalue weighted by molar-refractivity contribution is 0.312. The molecule has 0 radical (unpaired) electrons. The second kappa shape index (κ2) is 8.33. The molecule has 2 heterocycles. The minimum Gasteiger partial charge on any atom is -0.367 e. The maximum Gasteiger partial charge on any atom is 0.211 e. The Kier molecular flexibility index (Phi) is 5.85. The van der Waals surface area contributed by atoms with Gasteiger partial charge in [0.1, 0.15) is 10.7 Å². The van der Waals surface area contributed by atoms with Crippen LogP contribution in [0.5, 0.6) is 0 Å². The van der Waals surface area contributed by atoms with Gasteiger partial charge in [-0.3, -0.25) is 4.79 Å². The largest absolute Gasteiger partial charge is 0.367 e. The molecule has 1 aliphatic rings. The number of nitrogens with zero attached hydrogens (tertiary/aromatic N) is 3. The molecular formula is C24H28FN3O3S. The van der Waals surface area contributed by atoms with Gasteiger partial charge in [0, 0.05) is 38.9 Å². The molecule has 3 aromatic rings. The van der Waals surface area contributed by atoms with Crippen LogP contribution in [0.25, 0.3) is 10.9 Å². The number of halogens is 1. The standard InChI is InChI=1S/C24H28FN3O3S/c1-5-27-15-23(32(30,31)18-7-6-16(2)17(3)12-18)24(29)19-13-20(25)22(14-21(19)27)28-10-8-26(4)9-11-28/h6-7,12-15H,5,8-11H2,1-4H3. The van der Waals surface area contributed by atoms with Gasteiger partial charge in [0.2, 0.25) is 15.3 Å². The number of hydrogen-bond acceptors (Lipinski definition) is 5. The summed E-state index contributed by atoms with van der Waals surface area (Å²) in [5.41, 5.74) is 2.09. The third-order valence-electron chi connectivity index (χ3n) is 6.38. The Hall–Kier alpha value is -2.71. The van der Waals surface area contributed by atoms with Crippen LogP contribution in [0.15, 0.2) is 51.1 Å². The summed E-state index contributed by atoms with van der Waals surface area (Å²) in [5, 5.41) is 0.0761. The van der Waals surface area contributed by atoms with Crippen LogP contribution >= 0.6 is 0 Å². The van der Waals surface area contributed by atoms with Crippen LogP contribution in [0.1, 0.15) is 18.1 Å². The summed E-state index contributed by atoms with van der Waals surface area (Å²) in [4.78, 5) is 17.2. The third-order valence-corrected chi connectivity index (χ3v) is 8.12. The molecule has 32 heavy (non-hydrogen) atoms. The summed E-state index contributed by atoms with van der Waals surface area (Å²) in [6, 6.07) is 7.67. The van der Waals surface area contributed by atoms with Crippen molar-refractivity contribution >= 4 is 26.4 Å². The maximum atomic E-state index is 15.1. The van der Waals surface area contributed by atoms with Gasteiger partial charge >= 0.3 is 0 Å². The molecule has 0 atom stereocenters. The lowest BCUT2D eigenvalue weighted by Gasteiger charge is -2.34. The predicted octanol–water partition coefficient (Wildman–Crippen LogP) is 3.36. The highest BCUT2D eigenvalue weighted by molar-refractivity contribution is 7.91. The molecule has 0 N–H and O–H groups in total. The highest BCUT2D eigenvalue weighted by Crippen LogP contribution is 2.28. The molecule has 0 spiro atoms. The average Bonchev–Trinajstić information content (AvgIpc) is 2.76. The summed E-state index contributed by atoms with van der Waals surface area (Å²) in [5.74, 6) is -0.512. The van der Waals surface area contributed by atoms with E-state index in [9.17, 15) is 13.2 Å². The Balaban J connectivity index is 1.90. The molecule has 0 aliphatic carbocycles. The average molecular weight is 458 g/mol. The normalized spacial score (nSPS) is 15.5. The van der Waals surface area contributed by atoms with Crippen LogP contribution in [0.3, 0.4) is 0 Å². The second-order valence-corrected chi connectivity index (χ2v) is 10.4. The SMILES string of the molecule is CCn1cc(S(=O)(=O)c2ccc(C)c(C)c2)c(=O)c2cc(F)c(N3CCN(C)CC3)cc21. The van der Waals surface area contributed by atoms with Gasteiger partial charge in [0.05, 0.1) is 21.5 Å². The molecule has 2 aromatic carbocycles. The molecule has 1 saturated heterocycles. The van der Waals surface area contributed by atoms with E-state index in [1.807, 2.05) is 32.7 Å². The van der Waals surface area contributed by atoms with E-state index < -0.39 is 21.1 Å². The number of aryl methyl sites for hydroxylation is 3. The third kappa shape index (κ3) is 3.82. The Morgan fingerprint density at radius 2 is 1.69 bits per heavy atom. The molecule has 1 fully saturated rings. The van der Waals surface area contributed by atoms with Crippen LogP contribution in [-0.2, 0) is 16.4 Å². The summed E-state index contributed by atoms with van der Waals surface area (Å²) in [7, 11) is -2.03. The van der Waals surface area contributed by atoms with Crippen molar-refractivity contribution in [2.45, 2.75) is 37.1 Å². The first-order chi connectivity index (χ1) is 15.1. The summed E-state index contributed by atoms with van der Waals surface area (Å²) in [6.07, 6.45) is 1.39. The molecule has 6 nitrogen and oxygen atoms in total. The van der Waals surface area contributed by atoms with Crippen molar-refractivity contribution in [2.24, 2.45) is 0 Å². The first-order valence-corrected chi connectivity index (χ1v) is 12.2. The smallest absolute Gasteiger partial charge is 0.211 e. The Morgan fingerprint density at radius 3 is 2.31 bits per heavy atom. The van der Waals surface area contributed by atoms with Crippen molar-refractivity contribution in [3.05, 3.63) is 63.7 Å². The van der Waals surface area contributed by atoms with Gasteiger partial charge in [-0.05, 0) is 63.2 Å². The molecule has 0 unspecified atom stereocenters. The van der Waals surface area contributed by atoms with Crippen molar-refractivity contribution in [3.8, 4) is 0 Å². The van der Waals surface area contributed by atoms with Gasteiger partial charge in [0.15, 0.2) is 0 Å². The number of pyridine rings is 1. The van der Waals surface area contributed by atoms with E-state index >= 15 is 4.39 Å². The Bertz CT molecular complexity index is 1360. The molecule has 0 amide bonds. The summed E-state index contributed by atoms with van der Waals surface area (Å²) >= 11 is 0. The molecular weight excluding hydrogens is 429 g/mol. The Morgan fingerprint density at radius 1 is 1.00 bits per heavy atom. The highest BCUT2D eigenvalue weighted by atomic mass is 32.2. The quantitative estimate of drug-likeness (QED) is 0.601. The van der Waals surface area contributed by atoms with Gasteiger partial charge in [-0.25, -0.2) is 12.8 Å². The van der Waals surface area contributed by atoms with Crippen molar-refractivity contribution < 1.29 is 12.8 Å². The van der Waals surface area contributed by atoms with Gasteiger partial charge < -0.3 is 14.4 Å². The fourth-order valence-electron chi connectivity index (χ4n) is 4.12. The first kappa shape index (κ1) is 22.5. The van der Waals surface area contributed by atoms with Crippen molar-refractivity contribution in [1.82, 2.24) is 9.47 Å². The van der Waals surface area contributed by atoms with E-state index in [0.717, 1.165) is 24.2 Å². The first-order valence-electron chi connectivity index (χ1n) is 10.8. The molecule has 4 rings (SSSR count). The number of benzene rings is 2. The number of rotatable bonds is 4. The number of fused-ring (bicyclic) bond motifs is 1. The van der Waals surface area contributed by atoms with Crippen LogP contribution < -0.4 is 10.3 Å². The van der Waals surface area contributed by atoms with E-state index in [4.69, 9.17) is 0 Å². The second-order valence-electron chi connectivity index (χ2n) is 8.47. The van der Waals surface area contributed by atoms with Crippen LogP contribution in [0.2, 0.25) is 0 Å². The molecule has 170 valence electrons. The number of sulfone groups is 1. The number of anilines is 1. The maximum absolute atomic E-state index is 15.1. The number of hydrogen-bond donors (Lipinski definition) is 0. The van der Waals surface area contributed by atoms with Gasteiger partial charge in [-0.15, -0.1) is 0 Å². The van der Waals surface area contributed by atoms with Gasteiger partial charge in [-0.1, -0.05) is 6.07 Å². The van der Waals surface area contributed by atoms with Crippen LogP contribution in [-0.4, -0.2) is 51.1 Å². The highest BCUT2D eigenvalue weighted by Gasteiger charge is 2.26. The van der Waals surface area contributed by atoms with Crippen molar-refractivity contribution in [2.75, 3.05) is 38.1 Å². The van der Waals surface area contributed by atoms with E-state index in [0.29, 0.717) is 30.8 Å². The number of likely N-dealkylation sites (N-methyl/N-ethyl adjacent to an activating group) is 1. The fourth-order valence-corrected chi connectivity index (χ4v) is 5.58. The molecule has 8 heteroatoms. The van der Waals surface area contributed by atoms with E-state index in [1.54, 1.807) is 22.8 Å². The molecule has 0 bridgehead atoms. The van der Waals surface area contributed by atoms with E-state index in [-0.39, 0.29) is 15.2 Å². The zero-order chi connectivity index (χ0) is 23.2. The van der Waals surface area contributed by atoms with Gasteiger partial charge in [-0.2, -0.15) is 0 Å². The van der Waals surface area contributed by atoms with Crippen molar-refractivity contribution in [3.63, 3.8) is 0 Å². The van der Waals surface area contributed by atoms with E-state index in [1.165, 1.54) is 18.3 Å². The monoisotopic (exact) mass is 457 g/mol. The van der Waals surface area contributed by atoms with E-state index in [2.05, 4.69) is 4.90 Å². The zero-order valence-corrected chi connectivity index (χ0v) is 19.7. The molecule has 1 aliphatic heterocycles. The minimum atomic E-state index is -4.05. The lowest BCUT2D eigenvalue weighted by atomic mass is 10.1. The molecule has 0 saturated carbocycles. The van der Waals surface area contributed by atoms with Crippen LogP contribution in [0.4, 0.5) is 10.1 Å². The van der Waals surface area contributed by atoms with Crippen molar-refractivity contribution in [1.29, 1.82) is 0 Å². The summed E-state index contributed by atoms with van der Waals surface area (Å²) < 4.78 is 43.5.